The molecule has 0 bridgehead atoms. The van der Waals surface area contributed by atoms with Crippen LogP contribution in [0, 0.1) is 30.3 Å². The summed E-state index contributed by atoms with van der Waals surface area (Å²) in [4.78, 5) is 160. The van der Waals surface area contributed by atoms with E-state index in [9.17, 15) is 93.3 Å². The highest BCUT2D eigenvalue weighted by atomic mass is 16.6. The second kappa shape index (κ2) is 71.1. The zero-order chi connectivity index (χ0) is 106. The van der Waals surface area contributed by atoms with Gasteiger partial charge in [-0.2, -0.15) is 0 Å². The van der Waals surface area contributed by atoms with Gasteiger partial charge in [0.05, 0.1) is 178 Å². The molecule has 2 fully saturated rings. The number of ether oxygens (including phenoxy) is 16. The van der Waals surface area contributed by atoms with Crippen LogP contribution in [0.5, 0.6) is 69.0 Å². The number of phenolic OH excluding ortho intramolecular Hbond substituents is 1. The molecule has 8 rings (SSSR count). The second-order valence-corrected chi connectivity index (χ2v) is 31.4. The van der Waals surface area contributed by atoms with Gasteiger partial charge in [-0.15, -0.1) is 0 Å². The fourth-order valence-corrected chi connectivity index (χ4v) is 14.1. The van der Waals surface area contributed by atoms with Crippen molar-refractivity contribution < 1.29 is 164 Å². The van der Waals surface area contributed by atoms with Gasteiger partial charge in [0.25, 0.3) is 28.9 Å². The van der Waals surface area contributed by atoms with Gasteiger partial charge in [-0.25, -0.2) is 4.79 Å². The molecule has 43 nitrogen and oxygen atoms in total. The summed E-state index contributed by atoms with van der Waals surface area (Å²) in [5, 5.41) is 71.0. The summed E-state index contributed by atoms with van der Waals surface area (Å²) in [5.74, 6) is 0.376. The van der Waals surface area contributed by atoms with Crippen LogP contribution in [0.25, 0.3) is 0 Å². The van der Waals surface area contributed by atoms with Crippen LogP contribution in [0.2, 0.25) is 0 Å². The average Bonchev–Trinajstić information content (AvgIpc) is 0.782. The number of likely N-dealkylation sites (tertiary alicyclic amines) is 2. The maximum atomic E-state index is 13.1. The lowest BCUT2D eigenvalue weighted by molar-refractivity contribution is -0.385. The summed E-state index contributed by atoms with van der Waals surface area (Å²) in [6.45, 7) is 13.4. The van der Waals surface area contributed by atoms with Crippen LogP contribution in [0.15, 0.2) is 84.9 Å². The number of esters is 5. The molecule has 6 aromatic rings. The van der Waals surface area contributed by atoms with Crippen LogP contribution in [0.4, 0.5) is 22.7 Å². The van der Waals surface area contributed by atoms with Crippen LogP contribution in [0.1, 0.15) is 264 Å². The first-order chi connectivity index (χ1) is 68.8. The van der Waals surface area contributed by atoms with E-state index in [0.29, 0.717) is 207 Å². The van der Waals surface area contributed by atoms with Crippen molar-refractivity contribution in [2.75, 3.05) is 141 Å². The smallest absolute Gasteiger partial charge is 0.342 e. The van der Waals surface area contributed by atoms with Gasteiger partial charge in [0, 0.05) is 86.3 Å². The molecule has 6 aromatic carbocycles. The van der Waals surface area contributed by atoms with Crippen molar-refractivity contribution in [2.45, 2.75) is 214 Å². The topological polar surface area (TPSA) is 578 Å². The fraction of sp³-hybridized carbons (Fsp3) is 0.530. The van der Waals surface area contributed by atoms with Gasteiger partial charge in [0.2, 0.25) is 0 Å². The second-order valence-electron chi connectivity index (χ2n) is 31.4. The van der Waals surface area contributed by atoms with E-state index < -0.39 is 37.9 Å². The Balaban J connectivity index is 0.000000450. The van der Waals surface area contributed by atoms with Crippen molar-refractivity contribution in [3.63, 3.8) is 0 Å². The van der Waals surface area contributed by atoms with Gasteiger partial charge >= 0.3 is 35.8 Å². The number of piperidine rings is 2. The molecule has 43 heteroatoms. The lowest BCUT2D eigenvalue weighted by Crippen LogP contribution is -2.45. The number of nitrogens with zero attached hydrogens (tertiary/aromatic N) is 5. The quantitative estimate of drug-likeness (QED) is 0.00450. The summed E-state index contributed by atoms with van der Waals surface area (Å²) in [6, 6.07) is 19.3. The number of amides is 2. The molecule has 0 spiro atoms. The molecule has 2 saturated heterocycles. The van der Waals surface area contributed by atoms with E-state index in [-0.39, 0.29) is 137 Å². The number of anilines is 1. The maximum absolute atomic E-state index is 13.1. The number of rotatable bonds is 57. The number of benzene rings is 6. The summed E-state index contributed by atoms with van der Waals surface area (Å²) in [5.41, 5.74) is 5.98. The molecule has 2 heterocycles. The molecular formula is C100H138N6O37. The number of aliphatic hydroxyl groups is 2. The third kappa shape index (κ3) is 45.0. The highest BCUT2D eigenvalue weighted by Gasteiger charge is 2.35. The molecule has 0 saturated carbocycles. The summed E-state index contributed by atoms with van der Waals surface area (Å²) in [6.07, 6.45) is 19.8. The van der Waals surface area contributed by atoms with Gasteiger partial charge in [-0.1, -0.05) is 0 Å². The predicted octanol–water partition coefficient (Wildman–Crippen LogP) is 15.8. The minimum atomic E-state index is -1.42. The number of nitro benzene ring substituents is 3. The zero-order valence-electron chi connectivity index (χ0n) is 83.3. The number of unbranched alkanes of at least 4 members (excludes halogenated alkanes) is 10. The number of hydrogen-bond donors (Lipinski definition) is 5. The Bertz CT molecular complexity index is 4990. The molecule has 2 aliphatic heterocycles. The Kier molecular flexibility index (Phi) is 61.0. The van der Waals surface area contributed by atoms with E-state index in [0.717, 1.165) is 108 Å². The number of hydrogen-bond acceptors (Lipinski definition) is 37. The number of carboxylic acids is 1. The Morgan fingerprint density at radius 1 is 0.364 bits per heavy atom. The number of aldehydes is 3. The molecular weight excluding hydrogens is 1880 g/mol. The summed E-state index contributed by atoms with van der Waals surface area (Å²) >= 11 is 0. The average molecular weight is 2020 g/mol. The van der Waals surface area contributed by atoms with Gasteiger partial charge in [0.15, 0.2) is 75.3 Å². The molecule has 143 heavy (non-hydrogen) atoms. The number of carboxylic acid groups (broad SMARTS) is 1. The van der Waals surface area contributed by atoms with Gasteiger partial charge in [-0.05, 0) is 212 Å². The predicted molar refractivity (Wildman–Crippen MR) is 522 cm³/mol. The van der Waals surface area contributed by atoms with Crippen LogP contribution < -0.4 is 57.8 Å². The molecule has 2 aliphatic rings. The monoisotopic (exact) mass is 2010 g/mol. The molecule has 0 aromatic heterocycles. The number of nitrogens with two attached hydrogens (primary N) is 1. The van der Waals surface area contributed by atoms with Crippen molar-refractivity contribution in [3.05, 3.63) is 149 Å². The minimum Gasteiger partial charge on any atom is -0.504 e. The molecule has 6 N–H and O–H groups in total. The van der Waals surface area contributed by atoms with E-state index in [1.165, 1.54) is 90.0 Å². The Morgan fingerprint density at radius 2 is 0.664 bits per heavy atom. The third-order valence-electron chi connectivity index (χ3n) is 21.4. The fourth-order valence-electron chi connectivity index (χ4n) is 14.1. The Labute approximate surface area is 831 Å². The highest BCUT2D eigenvalue weighted by molar-refractivity contribution is 6.01. The van der Waals surface area contributed by atoms with Crippen molar-refractivity contribution in [1.29, 1.82) is 0 Å². The number of methoxy groups -OCH3 is 6. The zero-order valence-corrected chi connectivity index (χ0v) is 83.3. The standard InChI is InChI=1S/C22H32N2O8.C22H34N2O6.C16H21NO8.C16H21NO7.C16H22O5.C8H8O3/c1-3-31-21(26)10-5-4-8-12-32-20-14-18(24(28)29)17(13-19(20)30-2)22(27)23-11-7-6-9-16(23)15-25;1-3-29-21(26)10-5-4-8-12-30-20-14-18(23)17(13-19(20)28-2)22(27)24-11-7-6-9-16(24)15-25;1-3-24-15(18)7-5-4-6-8-25-14-10-12(17(21)22)11(16(19)20)9-13(14)23-2;1-3-23-16(19)7-5-4-6-8-24-15-10-13(17(20)21)12(11-18)9-14(15)22-2;1-3-20-16(18)7-5-4-6-10-21-14-9-8-13(12-17)11-15(14)19-2;1-11-8-4-6(5-9)2-3-7(8)10/h13-14,16,25H,3-12,15H2,1-2H3;13-14,16,25H,3-12,15,23H2,1-2H3;9-10H,3-8H2,1-2H3,(H,19,20);9-11H,3-8H2,1-2H3;8-9,11-12H,3-7,10H2,1-2H3;2-5,10H,1H3/t2*16-;;;;/m00..../s1. The van der Waals surface area contributed by atoms with E-state index in [2.05, 4.69) is 0 Å². The third-order valence-corrected chi connectivity index (χ3v) is 21.4. The molecule has 0 radical (unpaired) electrons. The van der Waals surface area contributed by atoms with Crippen LogP contribution >= 0.6 is 0 Å². The van der Waals surface area contributed by atoms with E-state index in [1.807, 2.05) is 0 Å². The van der Waals surface area contributed by atoms with Crippen LogP contribution in [0.3, 0.4) is 0 Å². The Hall–Kier alpha value is -14.4. The van der Waals surface area contributed by atoms with Crippen molar-refractivity contribution in [2.24, 2.45) is 0 Å². The first-order valence-electron chi connectivity index (χ1n) is 47.3. The summed E-state index contributed by atoms with van der Waals surface area (Å²) < 4.78 is 83.2. The first-order valence-corrected chi connectivity index (χ1v) is 47.3. The van der Waals surface area contributed by atoms with Crippen molar-refractivity contribution in [3.8, 4) is 69.0 Å². The summed E-state index contributed by atoms with van der Waals surface area (Å²) in [7, 11) is 8.60. The first kappa shape index (κ1) is 123. The van der Waals surface area contributed by atoms with Crippen LogP contribution in [-0.4, -0.2) is 259 Å². The molecule has 2 atom stereocenters. The SMILES string of the molecule is CCOC(=O)CCCCCOc1cc(N)c(C(=O)N2CCCC[C@H]2CO)cc1OC.CCOC(=O)CCCCCOc1cc([N+](=O)[O-])c(C(=O)N2CCCC[C@H]2CO)cc1OC.CCOC(=O)CCCCCOc1cc([N+](=O)[O-])c(C(=O)O)cc1OC.CCOC(=O)CCCCCOc1cc([N+](=O)[O-])c(C=O)cc1OC.CCOC(=O)CCCCCOc1ccc(C=O)cc1OC.COc1cc(C=O)ccc1O. The van der Waals surface area contributed by atoms with Gasteiger partial charge in [0.1, 0.15) is 23.7 Å². The molecule has 790 valence electrons. The largest absolute Gasteiger partial charge is 0.504 e. The van der Waals surface area contributed by atoms with Crippen molar-refractivity contribution in [1.82, 2.24) is 9.80 Å². The van der Waals surface area contributed by atoms with Gasteiger partial charge < -0.3 is 112 Å². The van der Waals surface area contributed by atoms with E-state index in [4.69, 9.17) is 91.7 Å². The molecule has 0 unspecified atom stereocenters. The number of carbonyl (C=O) groups is 11. The van der Waals surface area contributed by atoms with E-state index >= 15 is 0 Å². The van der Waals surface area contributed by atoms with Crippen LogP contribution in [-0.2, 0) is 47.7 Å². The minimum absolute atomic E-state index is 0.0399. The number of aromatic carboxylic acids is 1. The van der Waals surface area contributed by atoms with Gasteiger partial charge in [-0.3, -0.25) is 78.3 Å². The normalized spacial score (nSPS) is 12.6. The number of phenols is 1. The lowest BCUT2D eigenvalue weighted by atomic mass is 10.0. The molecule has 0 aliphatic carbocycles. The van der Waals surface area contributed by atoms with Crippen molar-refractivity contribution >= 4 is 89.2 Å². The maximum Gasteiger partial charge on any atom is 0.342 e. The highest BCUT2D eigenvalue weighted by Crippen LogP contribution is 2.40. The molecule has 2 amide bonds. The number of carbonyl (C=O) groups excluding carboxylic acids is 10. The number of aromatic hydroxyl groups is 1. The number of nitrogen functional groups attached to an aromatic ring is 1. The van der Waals surface area contributed by atoms with E-state index in [1.54, 1.807) is 69.9 Å². The lowest BCUT2D eigenvalue weighted by Gasteiger charge is -2.35. The Morgan fingerprint density at radius 3 is 0.993 bits per heavy atom. The number of nitro groups is 3. The number of aliphatic hydroxyl groups excluding tert-OH is 2.